The minimum absolute atomic E-state index is 0.0762. The molecule has 3 heterocycles. The number of fused-ring (bicyclic) bond motifs is 1. The second-order valence-electron chi connectivity index (χ2n) is 9.55. The van der Waals surface area contributed by atoms with Crippen LogP contribution in [0.3, 0.4) is 0 Å². The molecule has 2 aliphatic heterocycles. The summed E-state index contributed by atoms with van der Waals surface area (Å²) in [5.41, 5.74) is 2.71. The van der Waals surface area contributed by atoms with Gasteiger partial charge in [0, 0.05) is 39.4 Å². The first-order chi connectivity index (χ1) is 18.9. The van der Waals surface area contributed by atoms with E-state index in [1.165, 1.54) is 28.6 Å². The number of esters is 1. The van der Waals surface area contributed by atoms with E-state index in [1.54, 1.807) is 0 Å². The maximum absolute atomic E-state index is 12.9. The maximum Gasteiger partial charge on any atom is 0.338 e. The van der Waals surface area contributed by atoms with Gasteiger partial charge >= 0.3 is 5.97 Å². The first-order valence-electron chi connectivity index (χ1n) is 13.7. The van der Waals surface area contributed by atoms with E-state index in [0.717, 1.165) is 30.7 Å². The molecule has 0 aliphatic carbocycles. The van der Waals surface area contributed by atoms with Crippen LogP contribution in [-0.4, -0.2) is 87.0 Å². The predicted molar refractivity (Wildman–Crippen MR) is 143 cm³/mol. The van der Waals surface area contributed by atoms with Crippen molar-refractivity contribution >= 4 is 21.9 Å². The highest BCUT2D eigenvalue weighted by atomic mass is 32.2. The number of carbonyl (C=O) groups is 2. The zero-order valence-electron chi connectivity index (χ0n) is 22.5. The van der Waals surface area contributed by atoms with Crippen LogP contribution < -0.4 is 5.32 Å². The molecule has 0 unspecified atom stereocenters. The van der Waals surface area contributed by atoms with Crippen molar-refractivity contribution in [1.29, 1.82) is 0 Å². The van der Waals surface area contributed by atoms with Gasteiger partial charge in [-0.2, -0.15) is 9.40 Å². The number of benzene rings is 1. The second kappa shape index (κ2) is 14.0. The number of hydrogen-bond acceptors (Lipinski definition) is 8. The fourth-order valence-corrected chi connectivity index (χ4v) is 6.13. The van der Waals surface area contributed by atoms with Crippen molar-refractivity contribution in [3.63, 3.8) is 0 Å². The Morgan fingerprint density at radius 1 is 1.05 bits per heavy atom. The van der Waals surface area contributed by atoms with Crippen molar-refractivity contribution in [2.45, 2.75) is 56.9 Å². The number of unbranched alkanes of at least 4 members (excludes halogenated alkanes) is 1. The molecular weight excluding hydrogens is 524 g/mol. The number of sulfonamides is 1. The van der Waals surface area contributed by atoms with E-state index in [1.807, 2.05) is 11.6 Å². The smallest absolute Gasteiger partial charge is 0.338 e. The molecule has 39 heavy (non-hydrogen) atoms. The SMILES string of the molecule is CCc1nn(CCCCOC(=O)c2ccc(S(=O)(=O)N3CCOCC3)cc2)c2c1C(=O)NCCCOCCC2. The van der Waals surface area contributed by atoms with E-state index in [-0.39, 0.29) is 17.4 Å². The number of morpholine rings is 1. The molecule has 0 radical (unpaired) electrons. The van der Waals surface area contributed by atoms with Crippen molar-refractivity contribution in [2.24, 2.45) is 0 Å². The molecule has 214 valence electrons. The average molecular weight is 563 g/mol. The number of amides is 1. The summed E-state index contributed by atoms with van der Waals surface area (Å²) in [7, 11) is -3.61. The van der Waals surface area contributed by atoms with Gasteiger partial charge in [0.1, 0.15) is 0 Å². The van der Waals surface area contributed by atoms with Crippen LogP contribution in [0.15, 0.2) is 29.2 Å². The zero-order valence-corrected chi connectivity index (χ0v) is 23.3. The summed E-state index contributed by atoms with van der Waals surface area (Å²) < 4.78 is 45.1. The quantitative estimate of drug-likeness (QED) is 0.364. The number of carbonyl (C=O) groups excluding carboxylic acids is 2. The molecule has 0 saturated carbocycles. The Morgan fingerprint density at radius 2 is 1.77 bits per heavy atom. The van der Waals surface area contributed by atoms with Crippen LogP contribution in [0.1, 0.15) is 64.7 Å². The molecule has 1 saturated heterocycles. The number of ether oxygens (including phenoxy) is 3. The Morgan fingerprint density at radius 3 is 2.51 bits per heavy atom. The lowest BCUT2D eigenvalue weighted by Crippen LogP contribution is -2.40. The number of aryl methyl sites for hydroxylation is 2. The molecule has 4 rings (SSSR count). The van der Waals surface area contributed by atoms with Gasteiger partial charge in [0.25, 0.3) is 5.91 Å². The summed E-state index contributed by atoms with van der Waals surface area (Å²) in [4.78, 5) is 25.5. The van der Waals surface area contributed by atoms with Gasteiger partial charge in [-0.3, -0.25) is 9.48 Å². The van der Waals surface area contributed by atoms with E-state index >= 15 is 0 Å². The van der Waals surface area contributed by atoms with Gasteiger partial charge in [0.2, 0.25) is 10.0 Å². The molecule has 2 aliphatic rings. The Kier molecular flexibility index (Phi) is 10.5. The van der Waals surface area contributed by atoms with Crippen LogP contribution in [0.25, 0.3) is 0 Å². The van der Waals surface area contributed by atoms with Gasteiger partial charge in [-0.1, -0.05) is 6.92 Å². The molecule has 11 nitrogen and oxygen atoms in total. The van der Waals surface area contributed by atoms with Crippen LogP contribution in [0.5, 0.6) is 0 Å². The highest BCUT2D eigenvalue weighted by molar-refractivity contribution is 7.89. The van der Waals surface area contributed by atoms with Crippen molar-refractivity contribution in [2.75, 3.05) is 52.7 Å². The van der Waals surface area contributed by atoms with Gasteiger partial charge in [-0.25, -0.2) is 13.2 Å². The lowest BCUT2D eigenvalue weighted by Gasteiger charge is -2.26. The normalized spacial score (nSPS) is 17.6. The number of nitrogens with one attached hydrogen (secondary N) is 1. The molecule has 0 bridgehead atoms. The standard InChI is InChI=1S/C27H38N4O7S/c1-2-23-25-24(7-5-16-36-17-6-12-28-26(25)32)31(29-23)13-3-4-18-38-27(33)21-8-10-22(11-9-21)39(34,35)30-14-19-37-20-15-30/h8-11H,2-7,12-20H2,1H3,(H,28,32). The van der Waals surface area contributed by atoms with E-state index in [2.05, 4.69) is 5.32 Å². The molecular formula is C27H38N4O7S. The van der Waals surface area contributed by atoms with E-state index < -0.39 is 16.0 Å². The highest BCUT2D eigenvalue weighted by Crippen LogP contribution is 2.20. The number of nitrogens with zero attached hydrogens (tertiary/aromatic N) is 3. The van der Waals surface area contributed by atoms with E-state index in [0.29, 0.717) is 83.0 Å². The van der Waals surface area contributed by atoms with Gasteiger partial charge in [0.15, 0.2) is 0 Å². The Hall–Kier alpha value is -2.80. The van der Waals surface area contributed by atoms with Gasteiger partial charge in [0.05, 0.1) is 47.2 Å². The van der Waals surface area contributed by atoms with Gasteiger partial charge < -0.3 is 19.5 Å². The first kappa shape index (κ1) is 29.2. The molecule has 1 aromatic carbocycles. The van der Waals surface area contributed by atoms with Crippen molar-refractivity contribution in [3.8, 4) is 0 Å². The summed E-state index contributed by atoms with van der Waals surface area (Å²) >= 11 is 0. The number of rotatable bonds is 9. The average Bonchev–Trinajstić information content (AvgIpc) is 3.30. The number of aromatic nitrogens is 2. The largest absolute Gasteiger partial charge is 0.462 e. The van der Waals surface area contributed by atoms with Gasteiger partial charge in [-0.05, 0) is 62.8 Å². The second-order valence-corrected chi connectivity index (χ2v) is 11.5. The fraction of sp³-hybridized carbons (Fsp3) is 0.593. The highest BCUT2D eigenvalue weighted by Gasteiger charge is 2.26. The van der Waals surface area contributed by atoms with Crippen LogP contribution in [-0.2, 0) is 43.6 Å². The monoisotopic (exact) mass is 562 g/mol. The third-order valence-electron chi connectivity index (χ3n) is 6.84. The molecule has 1 aromatic heterocycles. The van der Waals surface area contributed by atoms with E-state index in [9.17, 15) is 18.0 Å². The molecule has 1 fully saturated rings. The molecule has 2 aromatic rings. The Balaban J connectivity index is 1.29. The van der Waals surface area contributed by atoms with Crippen LogP contribution >= 0.6 is 0 Å². The van der Waals surface area contributed by atoms with Crippen molar-refractivity contribution in [1.82, 2.24) is 19.4 Å². The Bertz CT molecular complexity index is 1220. The van der Waals surface area contributed by atoms with Crippen molar-refractivity contribution in [3.05, 3.63) is 46.8 Å². The maximum atomic E-state index is 12.9. The zero-order chi connectivity index (χ0) is 27.7. The summed E-state index contributed by atoms with van der Waals surface area (Å²) in [6.07, 6.45) is 4.33. The topological polar surface area (TPSA) is 129 Å². The Labute approximate surface area is 229 Å². The van der Waals surface area contributed by atoms with E-state index in [4.69, 9.17) is 19.3 Å². The van der Waals surface area contributed by atoms with Crippen LogP contribution in [0.2, 0.25) is 0 Å². The molecule has 12 heteroatoms. The first-order valence-corrected chi connectivity index (χ1v) is 15.2. The summed E-state index contributed by atoms with van der Waals surface area (Å²) in [6, 6.07) is 5.83. The lowest BCUT2D eigenvalue weighted by molar-refractivity contribution is 0.0496. The molecule has 1 N–H and O–H groups in total. The predicted octanol–water partition coefficient (Wildman–Crippen LogP) is 2.19. The van der Waals surface area contributed by atoms with Crippen molar-refractivity contribution < 1.29 is 32.2 Å². The summed E-state index contributed by atoms with van der Waals surface area (Å²) in [5.74, 6) is -0.574. The molecule has 0 spiro atoms. The van der Waals surface area contributed by atoms with Gasteiger partial charge in [-0.15, -0.1) is 0 Å². The fourth-order valence-electron chi connectivity index (χ4n) is 4.72. The van der Waals surface area contributed by atoms with Crippen LogP contribution in [0.4, 0.5) is 0 Å². The van der Waals surface area contributed by atoms with Crippen LogP contribution in [0, 0.1) is 0 Å². The summed E-state index contributed by atoms with van der Waals surface area (Å²) in [6.45, 7) is 6.07. The number of hydrogen-bond donors (Lipinski definition) is 1. The molecule has 0 atom stereocenters. The molecule has 1 amide bonds. The third kappa shape index (κ3) is 7.44. The minimum Gasteiger partial charge on any atom is -0.462 e. The minimum atomic E-state index is -3.61. The lowest BCUT2D eigenvalue weighted by atomic mass is 10.1. The third-order valence-corrected chi connectivity index (χ3v) is 8.75. The summed E-state index contributed by atoms with van der Waals surface area (Å²) in [5, 5.41) is 7.71.